The molecule has 0 atom stereocenters. The van der Waals surface area contributed by atoms with E-state index in [1.807, 2.05) is 25.1 Å². The molecule has 0 amide bonds. The second-order valence-corrected chi connectivity index (χ2v) is 5.49. The summed E-state index contributed by atoms with van der Waals surface area (Å²) in [6, 6.07) is 7.36. The third-order valence-electron chi connectivity index (χ3n) is 4.00. The van der Waals surface area contributed by atoms with E-state index in [4.69, 9.17) is 0 Å². The molecule has 0 aliphatic rings. The van der Waals surface area contributed by atoms with Crippen LogP contribution in [0.1, 0.15) is 11.4 Å². The van der Waals surface area contributed by atoms with Gasteiger partial charge < -0.3 is 0 Å². The van der Waals surface area contributed by atoms with Crippen LogP contribution in [0.4, 0.5) is 0 Å². The number of nitrogens with zero attached hydrogens (tertiary/aromatic N) is 4. The molecule has 7 heteroatoms. The van der Waals surface area contributed by atoms with Crippen LogP contribution < -0.4 is 16.8 Å². The van der Waals surface area contributed by atoms with E-state index in [9.17, 15) is 14.4 Å². The number of hydrogen-bond acceptors (Lipinski definition) is 4. The van der Waals surface area contributed by atoms with Crippen LogP contribution in [0.25, 0.3) is 16.7 Å². The SMILES string of the molecule is Cc1ccccc1-n1c(C)nc2c(c1=O)c(=O)n(C)c(=O)n2C. The van der Waals surface area contributed by atoms with Crippen molar-refractivity contribution in [1.29, 1.82) is 0 Å². The quantitative estimate of drug-likeness (QED) is 0.651. The molecule has 0 saturated carbocycles. The normalized spacial score (nSPS) is 11.1. The zero-order valence-electron chi connectivity index (χ0n) is 13.3. The van der Waals surface area contributed by atoms with Crippen molar-refractivity contribution in [3.05, 3.63) is 66.8 Å². The first-order chi connectivity index (χ1) is 10.8. The molecule has 118 valence electrons. The maximum absolute atomic E-state index is 12.9. The summed E-state index contributed by atoms with van der Waals surface area (Å²) in [5.74, 6) is 0.417. The summed E-state index contributed by atoms with van der Waals surface area (Å²) < 4.78 is 3.54. The molecule has 0 saturated heterocycles. The summed E-state index contributed by atoms with van der Waals surface area (Å²) in [6.07, 6.45) is 0. The van der Waals surface area contributed by atoms with Gasteiger partial charge in [-0.25, -0.2) is 9.78 Å². The van der Waals surface area contributed by atoms with Gasteiger partial charge in [0, 0.05) is 14.1 Å². The third-order valence-corrected chi connectivity index (χ3v) is 4.00. The minimum Gasteiger partial charge on any atom is -0.280 e. The van der Waals surface area contributed by atoms with Crippen LogP contribution in [0.15, 0.2) is 38.6 Å². The Hall–Kier alpha value is -2.96. The van der Waals surface area contributed by atoms with Crippen molar-refractivity contribution < 1.29 is 0 Å². The second-order valence-electron chi connectivity index (χ2n) is 5.49. The van der Waals surface area contributed by atoms with Gasteiger partial charge in [0.05, 0.1) is 5.69 Å². The van der Waals surface area contributed by atoms with E-state index in [-0.39, 0.29) is 11.0 Å². The van der Waals surface area contributed by atoms with Crippen LogP contribution in [0.3, 0.4) is 0 Å². The molecule has 0 bridgehead atoms. The van der Waals surface area contributed by atoms with E-state index in [2.05, 4.69) is 4.98 Å². The zero-order chi connectivity index (χ0) is 16.9. The van der Waals surface area contributed by atoms with E-state index < -0.39 is 16.8 Å². The van der Waals surface area contributed by atoms with Crippen LogP contribution >= 0.6 is 0 Å². The van der Waals surface area contributed by atoms with Crippen LogP contribution in [0.2, 0.25) is 0 Å². The lowest BCUT2D eigenvalue weighted by Gasteiger charge is -2.14. The number of aryl methyl sites for hydroxylation is 3. The molecule has 0 fully saturated rings. The van der Waals surface area contributed by atoms with Crippen molar-refractivity contribution in [2.24, 2.45) is 14.1 Å². The number of hydrogen-bond donors (Lipinski definition) is 0. The summed E-state index contributed by atoms with van der Waals surface area (Å²) in [4.78, 5) is 41.7. The van der Waals surface area contributed by atoms with Crippen molar-refractivity contribution in [3.63, 3.8) is 0 Å². The number of rotatable bonds is 1. The summed E-state index contributed by atoms with van der Waals surface area (Å²) in [5, 5.41) is -0.0940. The highest BCUT2D eigenvalue weighted by molar-refractivity contribution is 5.73. The van der Waals surface area contributed by atoms with Crippen molar-refractivity contribution in [1.82, 2.24) is 18.7 Å². The van der Waals surface area contributed by atoms with Gasteiger partial charge in [-0.3, -0.25) is 23.3 Å². The lowest BCUT2D eigenvalue weighted by atomic mass is 10.2. The number of aromatic nitrogens is 4. The second kappa shape index (κ2) is 5.05. The Kier molecular flexibility index (Phi) is 3.28. The van der Waals surface area contributed by atoms with Gasteiger partial charge in [0.1, 0.15) is 11.2 Å². The monoisotopic (exact) mass is 312 g/mol. The maximum atomic E-state index is 12.9. The average Bonchev–Trinajstić information content (AvgIpc) is 2.52. The van der Waals surface area contributed by atoms with E-state index in [1.54, 1.807) is 13.0 Å². The number of fused-ring (bicyclic) bond motifs is 1. The van der Waals surface area contributed by atoms with Gasteiger partial charge in [-0.15, -0.1) is 0 Å². The minimum atomic E-state index is -0.636. The molecule has 0 aliphatic heterocycles. The van der Waals surface area contributed by atoms with Crippen molar-refractivity contribution >= 4 is 11.0 Å². The zero-order valence-corrected chi connectivity index (χ0v) is 13.3. The van der Waals surface area contributed by atoms with Crippen molar-refractivity contribution in [2.45, 2.75) is 13.8 Å². The summed E-state index contributed by atoms with van der Waals surface area (Å²) >= 11 is 0. The topological polar surface area (TPSA) is 78.9 Å². The molecule has 0 spiro atoms. The van der Waals surface area contributed by atoms with Gasteiger partial charge in [0.25, 0.3) is 11.1 Å². The largest absolute Gasteiger partial charge is 0.332 e. The molecule has 3 rings (SSSR count). The summed E-state index contributed by atoms with van der Waals surface area (Å²) in [7, 11) is 2.84. The Labute approximate surface area is 131 Å². The van der Waals surface area contributed by atoms with Gasteiger partial charge in [-0.05, 0) is 25.5 Å². The Morgan fingerprint density at radius 2 is 1.57 bits per heavy atom. The van der Waals surface area contributed by atoms with Gasteiger partial charge in [0.15, 0.2) is 5.65 Å². The Morgan fingerprint density at radius 1 is 0.913 bits per heavy atom. The Balaban J connectivity index is 2.59. The first-order valence-corrected chi connectivity index (χ1v) is 7.10. The third kappa shape index (κ3) is 2.04. The molecule has 1 aromatic carbocycles. The van der Waals surface area contributed by atoms with Crippen LogP contribution in [0.5, 0.6) is 0 Å². The fraction of sp³-hybridized carbons (Fsp3) is 0.250. The van der Waals surface area contributed by atoms with Crippen molar-refractivity contribution in [2.75, 3.05) is 0 Å². The van der Waals surface area contributed by atoms with Gasteiger partial charge in [-0.1, -0.05) is 18.2 Å². The van der Waals surface area contributed by atoms with Crippen LogP contribution in [-0.2, 0) is 14.1 Å². The molecule has 0 N–H and O–H groups in total. The molecule has 0 unspecified atom stereocenters. The molecule has 0 radical (unpaired) electrons. The molecular weight excluding hydrogens is 296 g/mol. The molecule has 0 aliphatic carbocycles. The molecule has 2 aromatic heterocycles. The van der Waals surface area contributed by atoms with Crippen molar-refractivity contribution in [3.8, 4) is 5.69 Å². The maximum Gasteiger partial charge on any atom is 0.332 e. The standard InChI is InChI=1S/C16H16N4O3/c1-9-7-5-6-8-11(9)20-10(2)17-13-12(15(20)22)14(21)19(4)16(23)18(13)3/h5-8H,1-4H3. The molecule has 2 heterocycles. The molecule has 3 aromatic rings. The first-order valence-electron chi connectivity index (χ1n) is 7.10. The van der Waals surface area contributed by atoms with E-state index >= 15 is 0 Å². The average molecular weight is 312 g/mol. The lowest BCUT2D eigenvalue weighted by Crippen LogP contribution is -2.41. The molecule has 23 heavy (non-hydrogen) atoms. The molecule has 7 nitrogen and oxygen atoms in total. The predicted molar refractivity (Wildman–Crippen MR) is 87.3 cm³/mol. The Morgan fingerprint density at radius 3 is 2.22 bits per heavy atom. The van der Waals surface area contributed by atoms with Crippen LogP contribution in [0, 0.1) is 13.8 Å². The minimum absolute atomic E-state index is 0.0940. The number of benzene rings is 1. The van der Waals surface area contributed by atoms with E-state index in [0.29, 0.717) is 11.5 Å². The highest BCUT2D eigenvalue weighted by Gasteiger charge is 2.18. The van der Waals surface area contributed by atoms with Gasteiger partial charge in [-0.2, -0.15) is 0 Å². The lowest BCUT2D eigenvalue weighted by molar-refractivity contribution is 0.699. The smallest absolute Gasteiger partial charge is 0.280 e. The summed E-state index contributed by atoms with van der Waals surface area (Å²) in [6.45, 7) is 3.56. The fourth-order valence-electron chi connectivity index (χ4n) is 2.71. The first kappa shape index (κ1) is 15.0. The van der Waals surface area contributed by atoms with Gasteiger partial charge in [0.2, 0.25) is 0 Å². The highest BCUT2D eigenvalue weighted by Crippen LogP contribution is 2.14. The predicted octanol–water partition coefficient (Wildman–Crippen LogP) is 0.400. The fourth-order valence-corrected chi connectivity index (χ4v) is 2.71. The summed E-state index contributed by atoms with van der Waals surface area (Å²) in [5.41, 5.74) is 0.0367. The highest BCUT2D eigenvalue weighted by atomic mass is 16.2. The van der Waals surface area contributed by atoms with E-state index in [0.717, 1.165) is 10.1 Å². The van der Waals surface area contributed by atoms with E-state index in [1.165, 1.54) is 23.2 Å². The Bertz CT molecular complexity index is 1120. The molecular formula is C16H16N4O3. The number of para-hydroxylation sites is 1. The van der Waals surface area contributed by atoms with Gasteiger partial charge >= 0.3 is 5.69 Å². The van der Waals surface area contributed by atoms with Crippen LogP contribution in [-0.4, -0.2) is 18.7 Å².